The van der Waals surface area contributed by atoms with E-state index < -0.39 is 18.6 Å². The van der Waals surface area contributed by atoms with Crippen LogP contribution < -0.4 is 0 Å². The Labute approximate surface area is 263 Å². The van der Waals surface area contributed by atoms with Gasteiger partial charge in [0.15, 0.2) is 0 Å². The average Bonchev–Trinajstić information content (AvgIpc) is 2.97. The number of hydrogen-bond donors (Lipinski definition) is 0. The Morgan fingerprint density at radius 1 is 1.00 bits per heavy atom. The van der Waals surface area contributed by atoms with Crippen molar-refractivity contribution in [2.24, 2.45) is 5.41 Å². The molecule has 0 aliphatic heterocycles. The summed E-state index contributed by atoms with van der Waals surface area (Å²) in [6.07, 6.45) is 4.39. The number of rotatable bonds is 14. The maximum Gasteiger partial charge on any atom is 0.393 e. The molecule has 2 rings (SSSR count). The number of unbranched alkanes of at least 4 members (excludes halogenated alkanes) is 1. The number of thioether (sulfide) groups is 1. The van der Waals surface area contributed by atoms with Crippen LogP contribution in [0, 0.1) is 28.1 Å². The summed E-state index contributed by atoms with van der Waals surface area (Å²) in [6, 6.07) is 17.1. The van der Waals surface area contributed by atoms with Gasteiger partial charge >= 0.3 is 12.1 Å². The van der Waals surface area contributed by atoms with Crippen LogP contribution in [0.15, 0.2) is 93.8 Å². The lowest BCUT2D eigenvalue weighted by atomic mass is 9.86. The normalized spacial score (nSPS) is 13.3. The minimum atomic E-state index is -4.48. The van der Waals surface area contributed by atoms with Crippen molar-refractivity contribution >= 4 is 23.3 Å². The molecule has 0 saturated carbocycles. The molecule has 2 aromatic rings. The van der Waals surface area contributed by atoms with Crippen LogP contribution in [0.25, 0.3) is 5.57 Å². The zero-order valence-electron chi connectivity index (χ0n) is 25.9. The lowest BCUT2D eigenvalue weighted by Crippen LogP contribution is -2.13. The second-order valence-electron chi connectivity index (χ2n) is 11.0. The van der Waals surface area contributed by atoms with Crippen LogP contribution in [0.3, 0.4) is 0 Å². The zero-order valence-corrected chi connectivity index (χ0v) is 26.7. The number of hydrogen-bond acceptors (Lipinski definition) is 5. The second kappa shape index (κ2) is 17.3. The minimum Gasteiger partial charge on any atom is -0.462 e. The molecule has 0 N–H and O–H groups in total. The van der Waals surface area contributed by atoms with Crippen LogP contribution >= 0.6 is 11.8 Å². The van der Waals surface area contributed by atoms with Crippen molar-refractivity contribution in [3.63, 3.8) is 0 Å². The Hall–Kier alpha value is -4.01. The van der Waals surface area contributed by atoms with Gasteiger partial charge in [-0.2, -0.15) is 23.7 Å². The summed E-state index contributed by atoms with van der Waals surface area (Å²) >= 11 is 1.23. The van der Waals surface area contributed by atoms with Gasteiger partial charge in [0.05, 0.1) is 29.7 Å². The largest absolute Gasteiger partial charge is 0.462 e. The molecule has 0 aromatic heterocycles. The van der Waals surface area contributed by atoms with Gasteiger partial charge in [-0.3, -0.25) is 0 Å². The van der Waals surface area contributed by atoms with Gasteiger partial charge in [0, 0.05) is 10.5 Å². The third-order valence-electron chi connectivity index (χ3n) is 6.95. The van der Waals surface area contributed by atoms with E-state index in [4.69, 9.17) is 4.74 Å². The van der Waals surface area contributed by atoms with Gasteiger partial charge in [0.1, 0.15) is 12.1 Å². The number of allylic oxidation sites excluding steroid dienone is 8. The summed E-state index contributed by atoms with van der Waals surface area (Å²) in [5.74, 6) is -0.467. The van der Waals surface area contributed by atoms with Gasteiger partial charge in [-0.25, -0.2) is 4.79 Å². The lowest BCUT2D eigenvalue weighted by molar-refractivity contribution is -0.127. The molecule has 0 aliphatic carbocycles. The molecule has 0 spiro atoms. The summed E-state index contributed by atoms with van der Waals surface area (Å²) in [6.45, 7) is 10.4. The van der Waals surface area contributed by atoms with Crippen molar-refractivity contribution in [1.29, 1.82) is 10.5 Å². The smallest absolute Gasteiger partial charge is 0.393 e. The highest BCUT2D eigenvalue weighted by Crippen LogP contribution is 2.36. The lowest BCUT2D eigenvalue weighted by Gasteiger charge is -2.19. The molecular weight excluding hydrogens is 581 g/mol. The third-order valence-corrected chi connectivity index (χ3v) is 7.97. The van der Waals surface area contributed by atoms with Gasteiger partial charge in [0.2, 0.25) is 0 Å². The second-order valence-corrected chi connectivity index (χ2v) is 12.3. The molecule has 232 valence electrons. The molecule has 0 unspecified atom stereocenters. The molecule has 0 aliphatic rings. The van der Waals surface area contributed by atoms with Gasteiger partial charge < -0.3 is 4.74 Å². The number of halogens is 3. The number of carbonyl (C=O) groups excluding carboxylic acids is 1. The Balaban J connectivity index is 2.70. The predicted octanol–water partition coefficient (Wildman–Crippen LogP) is 10.6. The summed E-state index contributed by atoms with van der Waals surface area (Å²) in [5.41, 5.74) is 0.776. The third kappa shape index (κ3) is 11.6. The summed E-state index contributed by atoms with van der Waals surface area (Å²) < 4.78 is 46.2. The van der Waals surface area contributed by atoms with E-state index >= 15 is 0 Å². The number of benzene rings is 2. The van der Waals surface area contributed by atoms with E-state index in [1.807, 2.05) is 13.0 Å². The SMILES string of the molecule is CCCCOC(=O)c1ccccc1S\C(C)=C/C(=C(C#N)\C(C#N)=C/C=C/CC(C)(C)CC)c1ccccc1CC(F)(F)F. The van der Waals surface area contributed by atoms with Crippen molar-refractivity contribution < 1.29 is 22.7 Å². The molecule has 0 atom stereocenters. The van der Waals surface area contributed by atoms with Crippen LogP contribution in [-0.2, 0) is 11.2 Å². The molecular formula is C36H39F3N2O2S. The number of carbonyl (C=O) groups is 1. The molecule has 0 fully saturated rings. The number of nitrogens with zero attached hydrogens (tertiary/aromatic N) is 2. The van der Waals surface area contributed by atoms with Gasteiger partial charge in [0.25, 0.3) is 0 Å². The molecule has 4 nitrogen and oxygen atoms in total. The Morgan fingerprint density at radius 2 is 1.66 bits per heavy atom. The van der Waals surface area contributed by atoms with Gasteiger partial charge in [-0.1, -0.05) is 101 Å². The van der Waals surface area contributed by atoms with E-state index in [2.05, 4.69) is 32.9 Å². The molecule has 0 heterocycles. The summed E-state index contributed by atoms with van der Waals surface area (Å²) in [4.78, 5) is 14.0. The molecule has 44 heavy (non-hydrogen) atoms. The fraction of sp³-hybridized carbons (Fsp3) is 0.361. The fourth-order valence-corrected chi connectivity index (χ4v) is 5.02. The highest BCUT2D eigenvalue weighted by molar-refractivity contribution is 8.03. The Kier molecular flexibility index (Phi) is 14.2. The van der Waals surface area contributed by atoms with E-state index in [1.54, 1.807) is 49.4 Å². The van der Waals surface area contributed by atoms with Gasteiger partial charge in [-0.15, -0.1) is 0 Å². The molecule has 0 bridgehead atoms. The predicted molar refractivity (Wildman–Crippen MR) is 172 cm³/mol. The Bertz CT molecular complexity index is 1500. The number of alkyl halides is 3. The summed E-state index contributed by atoms with van der Waals surface area (Å²) in [5, 5.41) is 20.3. The minimum absolute atomic E-state index is 0.0192. The number of ether oxygens (including phenoxy) is 1. The van der Waals surface area contributed by atoms with E-state index in [9.17, 15) is 28.5 Å². The number of nitriles is 2. The first-order chi connectivity index (χ1) is 20.9. The molecule has 0 radical (unpaired) electrons. The monoisotopic (exact) mass is 620 g/mol. The molecule has 0 amide bonds. The van der Waals surface area contributed by atoms with Crippen LogP contribution in [-0.4, -0.2) is 18.8 Å². The van der Waals surface area contributed by atoms with Crippen molar-refractivity contribution in [1.82, 2.24) is 0 Å². The van der Waals surface area contributed by atoms with Crippen molar-refractivity contribution in [3.8, 4) is 12.1 Å². The first-order valence-corrected chi connectivity index (χ1v) is 15.4. The van der Waals surface area contributed by atoms with Crippen molar-refractivity contribution in [2.45, 2.75) is 77.8 Å². The number of esters is 1. The van der Waals surface area contributed by atoms with Crippen LogP contribution in [0.1, 0.15) is 81.8 Å². The highest BCUT2D eigenvalue weighted by atomic mass is 32.2. The molecule has 2 aromatic carbocycles. The standard InChI is InChI=1S/C36H39F3N2O2S/c1-6-8-21-43-34(42)30-18-11-12-19-33(30)44-26(3)22-31(29-17-10-9-15-27(29)23-36(37,38)39)32(25-41)28(24-40)16-13-14-20-35(4,5)7-2/h9-19,22H,6-8,20-21,23H2,1-5H3/b14-13+,26-22-,28-16-,32-31+. The van der Waals surface area contributed by atoms with Crippen molar-refractivity contribution in [2.75, 3.05) is 6.61 Å². The van der Waals surface area contributed by atoms with E-state index in [0.29, 0.717) is 22.0 Å². The maximum atomic E-state index is 13.6. The first kappa shape index (κ1) is 36.2. The fourth-order valence-electron chi connectivity index (χ4n) is 4.09. The topological polar surface area (TPSA) is 73.9 Å². The maximum absolute atomic E-state index is 13.6. The highest BCUT2D eigenvalue weighted by Gasteiger charge is 2.29. The molecule has 0 saturated heterocycles. The van der Waals surface area contributed by atoms with E-state index in [0.717, 1.165) is 25.7 Å². The first-order valence-electron chi connectivity index (χ1n) is 14.5. The summed E-state index contributed by atoms with van der Waals surface area (Å²) in [7, 11) is 0. The van der Waals surface area contributed by atoms with Crippen molar-refractivity contribution in [3.05, 3.63) is 106 Å². The van der Waals surface area contributed by atoms with Crippen LogP contribution in [0.5, 0.6) is 0 Å². The quantitative estimate of drug-likeness (QED) is 0.0691. The average molecular weight is 621 g/mol. The van der Waals surface area contributed by atoms with E-state index in [-0.39, 0.29) is 33.3 Å². The van der Waals surface area contributed by atoms with Gasteiger partial charge in [-0.05, 0) is 65.5 Å². The Morgan fingerprint density at radius 3 is 2.27 bits per heavy atom. The zero-order chi connectivity index (χ0) is 32.8. The van der Waals surface area contributed by atoms with E-state index in [1.165, 1.54) is 36.0 Å². The molecule has 8 heteroatoms. The van der Waals surface area contributed by atoms with Crippen LogP contribution in [0.2, 0.25) is 0 Å². The van der Waals surface area contributed by atoms with Crippen LogP contribution in [0.4, 0.5) is 13.2 Å².